The Labute approximate surface area is 239 Å². The highest BCUT2D eigenvalue weighted by molar-refractivity contribution is 5.96. The maximum atomic E-state index is 14.0. The van der Waals surface area contributed by atoms with Gasteiger partial charge in [-0.25, -0.2) is 9.59 Å². The summed E-state index contributed by atoms with van der Waals surface area (Å²) in [6.07, 6.45) is -3.94. The fourth-order valence-corrected chi connectivity index (χ4v) is 8.74. The van der Waals surface area contributed by atoms with Gasteiger partial charge in [-0.15, -0.1) is 0 Å². The minimum Gasteiger partial charge on any atom is -0.504 e. The molecule has 226 valence electrons. The molecule has 3 aliphatic carbocycles. The molecule has 41 heavy (non-hydrogen) atoms. The number of ketones is 1. The first-order chi connectivity index (χ1) is 19.1. The molecule has 10 atom stereocenters. The summed E-state index contributed by atoms with van der Waals surface area (Å²) in [5, 5.41) is 37.1. The second-order valence-corrected chi connectivity index (χ2v) is 13.5. The van der Waals surface area contributed by atoms with Gasteiger partial charge in [0.05, 0.1) is 18.6 Å². The Kier molecular flexibility index (Phi) is 7.19. The van der Waals surface area contributed by atoms with Crippen molar-refractivity contribution < 1.29 is 48.7 Å². The zero-order valence-corrected chi connectivity index (χ0v) is 24.4. The van der Waals surface area contributed by atoms with Gasteiger partial charge in [-0.1, -0.05) is 26.3 Å². The molecule has 0 aromatic carbocycles. The number of nitrogens with one attached hydrogen (secondary N) is 1. The lowest BCUT2D eigenvalue weighted by atomic mass is 9.38. The van der Waals surface area contributed by atoms with E-state index in [-0.39, 0.29) is 37.7 Å². The highest BCUT2D eigenvalue weighted by Gasteiger charge is 2.84. The third-order valence-corrected chi connectivity index (χ3v) is 10.3. The zero-order chi connectivity index (χ0) is 30.2. The van der Waals surface area contributed by atoms with Crippen LogP contribution in [-0.2, 0) is 33.4 Å². The molecule has 2 saturated carbocycles. The van der Waals surface area contributed by atoms with Crippen LogP contribution in [0.15, 0.2) is 23.0 Å². The van der Waals surface area contributed by atoms with Crippen LogP contribution in [0, 0.1) is 34.5 Å². The number of Topliss-reactive ketones (excluding diaryl/α,β-unsaturated/α-hetero) is 1. The molecule has 0 aromatic rings. The van der Waals surface area contributed by atoms with Gasteiger partial charge in [-0.2, -0.15) is 0 Å². The molecular weight excluding hydrogens is 534 g/mol. The number of aliphatic hydroxyl groups is 3. The molecule has 2 heterocycles. The number of fused-ring (bicyclic) bond motifs is 2. The molecule has 0 aromatic heterocycles. The van der Waals surface area contributed by atoms with E-state index in [1.807, 2.05) is 20.8 Å². The summed E-state index contributed by atoms with van der Waals surface area (Å²) < 4.78 is 17.9. The molecule has 1 amide bonds. The van der Waals surface area contributed by atoms with Crippen LogP contribution in [0.3, 0.4) is 0 Å². The number of hydrogen-bond acceptors (Lipinski definition) is 10. The Morgan fingerprint density at radius 3 is 2.51 bits per heavy atom. The molecule has 1 unspecified atom stereocenters. The smallest absolute Gasteiger partial charge is 0.348 e. The van der Waals surface area contributed by atoms with Crippen molar-refractivity contribution in [2.45, 2.75) is 90.8 Å². The highest BCUT2D eigenvalue weighted by atomic mass is 16.6. The molecule has 11 nitrogen and oxygen atoms in total. The van der Waals surface area contributed by atoms with Crippen LogP contribution in [0.5, 0.6) is 0 Å². The Morgan fingerprint density at radius 2 is 1.88 bits per heavy atom. The molecule has 4 N–H and O–H groups in total. The Balaban J connectivity index is 1.69. The van der Waals surface area contributed by atoms with E-state index in [0.29, 0.717) is 17.6 Å². The van der Waals surface area contributed by atoms with E-state index in [2.05, 4.69) is 5.32 Å². The minimum atomic E-state index is -2.12. The average Bonchev–Trinajstić information content (AvgIpc) is 3.18. The van der Waals surface area contributed by atoms with Crippen molar-refractivity contribution in [1.82, 2.24) is 5.32 Å². The van der Waals surface area contributed by atoms with Crippen LogP contribution >= 0.6 is 0 Å². The topological polar surface area (TPSA) is 169 Å². The predicted octanol–water partition coefficient (Wildman–Crippen LogP) is 1.51. The van der Waals surface area contributed by atoms with Crippen molar-refractivity contribution in [2.24, 2.45) is 34.5 Å². The van der Waals surface area contributed by atoms with Crippen LogP contribution in [-0.4, -0.2) is 82.1 Å². The van der Waals surface area contributed by atoms with E-state index in [9.17, 15) is 34.5 Å². The molecule has 4 fully saturated rings. The first kappa shape index (κ1) is 29.7. The summed E-state index contributed by atoms with van der Waals surface area (Å²) in [4.78, 5) is 53.5. The molecular formula is C30H41NO10. The SMILES string of the molecule is CC(C)=CC(=O)O[C@H]1C(=O)O[C@@H]2C[C@H]3C(C)=C(O)C(=O)C[C@]3(C)C3[C@@H](O)[C@H](O)[C@@]4(C(=O)NCCC(C)C)OC[C@]32[C@@H]14. The van der Waals surface area contributed by atoms with Crippen LogP contribution in [0.4, 0.5) is 0 Å². The van der Waals surface area contributed by atoms with Crippen molar-refractivity contribution in [3.63, 3.8) is 0 Å². The van der Waals surface area contributed by atoms with Crippen LogP contribution in [0.2, 0.25) is 0 Å². The van der Waals surface area contributed by atoms with Crippen molar-refractivity contribution in [3.05, 3.63) is 23.0 Å². The summed E-state index contributed by atoms with van der Waals surface area (Å²) in [6, 6.07) is 0. The monoisotopic (exact) mass is 575 g/mol. The van der Waals surface area contributed by atoms with Gasteiger partial charge < -0.3 is 34.8 Å². The molecule has 5 aliphatic rings. The first-order valence-electron chi connectivity index (χ1n) is 14.4. The van der Waals surface area contributed by atoms with Crippen molar-refractivity contribution >= 4 is 23.6 Å². The molecule has 11 heteroatoms. The maximum Gasteiger partial charge on any atom is 0.348 e. The first-order valence-corrected chi connectivity index (χ1v) is 14.4. The predicted molar refractivity (Wildman–Crippen MR) is 143 cm³/mol. The Morgan fingerprint density at radius 1 is 1.20 bits per heavy atom. The second kappa shape index (κ2) is 9.91. The Hall–Kier alpha value is -2.76. The van der Waals surface area contributed by atoms with Gasteiger partial charge in [0.1, 0.15) is 12.2 Å². The third kappa shape index (κ3) is 4.02. The van der Waals surface area contributed by atoms with Crippen LogP contribution < -0.4 is 5.32 Å². The van der Waals surface area contributed by atoms with Gasteiger partial charge in [-0.3, -0.25) is 9.59 Å². The van der Waals surface area contributed by atoms with Crippen molar-refractivity contribution in [2.75, 3.05) is 13.2 Å². The lowest BCUT2D eigenvalue weighted by molar-refractivity contribution is -0.287. The summed E-state index contributed by atoms with van der Waals surface area (Å²) >= 11 is 0. The lowest BCUT2D eigenvalue weighted by Gasteiger charge is -2.67. The molecule has 2 bridgehead atoms. The minimum absolute atomic E-state index is 0.125. The summed E-state index contributed by atoms with van der Waals surface area (Å²) in [5.41, 5.74) is -3.32. The van der Waals surface area contributed by atoms with Gasteiger partial charge in [0.25, 0.3) is 5.91 Å². The molecule has 2 aliphatic heterocycles. The standard InChI is InChI=1S/C30H41NO10/c1-13(2)7-8-31-27(38)30-24-22(41-19(33)9-14(3)4)26(37)40-18-10-16-15(5)20(34)17(32)11-28(16,6)23(21(35)25(30)36)29(18,24)12-39-30/h9,13,16,18,21-25,34-36H,7-8,10-12H2,1-6H3,(H,31,38)/t16-,18+,21+,22+,23?,24+,25-,28-,29+,30-/m0/s1. The molecule has 2 saturated heterocycles. The van der Waals surface area contributed by atoms with Gasteiger partial charge in [0.2, 0.25) is 6.10 Å². The number of ether oxygens (including phenoxy) is 3. The van der Waals surface area contributed by atoms with E-state index < -0.39 is 82.2 Å². The maximum absolute atomic E-state index is 14.0. The normalized spacial score (nSPS) is 42.7. The lowest BCUT2D eigenvalue weighted by Crippen LogP contribution is -2.80. The average molecular weight is 576 g/mol. The van der Waals surface area contributed by atoms with Crippen molar-refractivity contribution in [3.8, 4) is 0 Å². The summed E-state index contributed by atoms with van der Waals surface area (Å²) in [5.74, 6) is -5.53. The third-order valence-electron chi connectivity index (χ3n) is 10.3. The van der Waals surface area contributed by atoms with Gasteiger partial charge in [0, 0.05) is 30.4 Å². The highest BCUT2D eigenvalue weighted by Crippen LogP contribution is 2.72. The van der Waals surface area contributed by atoms with Gasteiger partial charge in [-0.05, 0) is 56.4 Å². The molecule has 5 rings (SSSR count). The number of carbonyl (C=O) groups is 4. The zero-order valence-electron chi connectivity index (χ0n) is 24.4. The van der Waals surface area contributed by atoms with Crippen LogP contribution in [0.25, 0.3) is 0 Å². The van der Waals surface area contributed by atoms with E-state index in [1.165, 1.54) is 6.08 Å². The largest absolute Gasteiger partial charge is 0.504 e. The molecule has 1 spiro atoms. The molecule has 0 radical (unpaired) electrons. The summed E-state index contributed by atoms with van der Waals surface area (Å²) in [7, 11) is 0. The fraction of sp³-hybridized carbons (Fsp3) is 0.733. The van der Waals surface area contributed by atoms with Crippen LogP contribution in [0.1, 0.15) is 60.8 Å². The number of carbonyl (C=O) groups excluding carboxylic acids is 4. The number of amides is 1. The number of allylic oxidation sites excluding steroid dienone is 3. The number of esters is 2. The Bertz CT molecular complexity index is 1240. The van der Waals surface area contributed by atoms with E-state index in [1.54, 1.807) is 20.8 Å². The number of aliphatic hydroxyl groups excluding tert-OH is 3. The van der Waals surface area contributed by atoms with Gasteiger partial charge in [0.15, 0.2) is 17.1 Å². The number of hydrogen-bond donors (Lipinski definition) is 4. The van der Waals surface area contributed by atoms with E-state index >= 15 is 0 Å². The fourth-order valence-electron chi connectivity index (χ4n) is 8.74. The van der Waals surface area contributed by atoms with E-state index in [0.717, 1.165) is 0 Å². The summed E-state index contributed by atoms with van der Waals surface area (Å²) in [6.45, 7) is 10.9. The number of rotatable bonds is 6. The quantitative estimate of drug-likeness (QED) is 0.269. The van der Waals surface area contributed by atoms with Crippen molar-refractivity contribution in [1.29, 1.82) is 0 Å². The second-order valence-electron chi connectivity index (χ2n) is 13.5. The van der Waals surface area contributed by atoms with Gasteiger partial charge >= 0.3 is 11.9 Å². The van der Waals surface area contributed by atoms with E-state index in [4.69, 9.17) is 14.2 Å².